The number of nitrogens with one attached hydrogen (secondary N) is 3. The summed E-state index contributed by atoms with van der Waals surface area (Å²) < 4.78 is 29.0. The zero-order chi connectivity index (χ0) is 16.7. The number of unbranched alkanes of at least 4 members (excludes halogenated alkanes) is 1. The SMILES string of the molecule is CNCCCCNc1cc(F)c(S(=O)Nc2nccs2)cc1Cl. The molecule has 1 aromatic heterocycles. The number of anilines is 2. The van der Waals surface area contributed by atoms with Crippen LogP contribution in [-0.2, 0) is 11.0 Å². The molecule has 3 N–H and O–H groups in total. The van der Waals surface area contributed by atoms with Gasteiger partial charge in [0.1, 0.15) is 5.82 Å². The summed E-state index contributed by atoms with van der Waals surface area (Å²) in [5.74, 6) is -0.575. The standard InChI is InChI=1S/C14H18ClFN4OS2/c1-17-4-2-3-5-18-12-9-11(16)13(8-10(12)15)23(21)20-14-19-6-7-22-14/h6-9,17-18H,2-5H2,1H3,(H,19,20). The van der Waals surface area contributed by atoms with Crippen molar-refractivity contribution in [1.29, 1.82) is 0 Å². The molecule has 126 valence electrons. The predicted molar refractivity (Wildman–Crippen MR) is 95.2 cm³/mol. The van der Waals surface area contributed by atoms with Crippen LogP contribution in [0, 0.1) is 5.82 Å². The molecule has 1 atom stereocenters. The van der Waals surface area contributed by atoms with Crippen molar-refractivity contribution in [3.05, 3.63) is 34.5 Å². The van der Waals surface area contributed by atoms with Crippen LogP contribution in [0.4, 0.5) is 15.2 Å². The van der Waals surface area contributed by atoms with Crippen LogP contribution in [0.25, 0.3) is 0 Å². The van der Waals surface area contributed by atoms with E-state index in [1.807, 2.05) is 7.05 Å². The molecule has 1 heterocycles. The number of thiazole rings is 1. The van der Waals surface area contributed by atoms with Gasteiger partial charge in [-0.25, -0.2) is 13.6 Å². The van der Waals surface area contributed by atoms with E-state index in [9.17, 15) is 8.60 Å². The Labute approximate surface area is 146 Å². The lowest BCUT2D eigenvalue weighted by atomic mass is 10.2. The smallest absolute Gasteiger partial charge is 0.194 e. The number of rotatable bonds is 9. The molecule has 0 spiro atoms. The summed E-state index contributed by atoms with van der Waals surface area (Å²) in [6.45, 7) is 1.63. The highest BCUT2D eigenvalue weighted by Gasteiger charge is 2.15. The Morgan fingerprint density at radius 3 is 2.83 bits per heavy atom. The highest BCUT2D eigenvalue weighted by Crippen LogP contribution is 2.28. The first-order chi connectivity index (χ1) is 11.1. The van der Waals surface area contributed by atoms with E-state index in [-0.39, 0.29) is 4.90 Å². The van der Waals surface area contributed by atoms with Crippen LogP contribution in [0.15, 0.2) is 28.6 Å². The second kappa shape index (κ2) is 9.17. The third-order valence-corrected chi connectivity index (χ3v) is 5.22. The average Bonchev–Trinajstić information content (AvgIpc) is 3.02. The van der Waals surface area contributed by atoms with Crippen LogP contribution in [0.5, 0.6) is 0 Å². The van der Waals surface area contributed by atoms with Crippen LogP contribution >= 0.6 is 22.9 Å². The van der Waals surface area contributed by atoms with Gasteiger partial charge in [-0.3, -0.25) is 4.72 Å². The molecule has 0 aliphatic carbocycles. The van der Waals surface area contributed by atoms with Crippen LogP contribution < -0.4 is 15.4 Å². The summed E-state index contributed by atoms with van der Waals surface area (Å²) in [5.41, 5.74) is 0.503. The van der Waals surface area contributed by atoms with E-state index in [0.29, 0.717) is 22.4 Å². The molecule has 1 aromatic carbocycles. The van der Waals surface area contributed by atoms with Gasteiger partial charge in [0.05, 0.1) is 15.6 Å². The Hall–Kier alpha value is -1.22. The molecule has 0 saturated heterocycles. The van der Waals surface area contributed by atoms with E-state index in [4.69, 9.17) is 11.6 Å². The Bertz CT molecular complexity index is 654. The van der Waals surface area contributed by atoms with E-state index in [1.54, 1.807) is 11.6 Å². The lowest BCUT2D eigenvalue weighted by molar-refractivity contribution is 0.596. The molecule has 0 aliphatic heterocycles. The minimum absolute atomic E-state index is 0.00549. The Balaban J connectivity index is 2.00. The van der Waals surface area contributed by atoms with E-state index in [0.717, 1.165) is 19.4 Å². The summed E-state index contributed by atoms with van der Waals surface area (Å²) in [4.78, 5) is 3.96. The second-order valence-corrected chi connectivity index (χ2v) is 7.19. The monoisotopic (exact) mass is 376 g/mol. The fourth-order valence-electron chi connectivity index (χ4n) is 1.86. The van der Waals surface area contributed by atoms with Crippen molar-refractivity contribution in [3.63, 3.8) is 0 Å². The zero-order valence-corrected chi connectivity index (χ0v) is 15.0. The van der Waals surface area contributed by atoms with Crippen molar-refractivity contribution in [2.75, 3.05) is 30.2 Å². The molecule has 0 radical (unpaired) electrons. The average molecular weight is 377 g/mol. The van der Waals surface area contributed by atoms with Crippen LogP contribution in [0.3, 0.4) is 0 Å². The van der Waals surface area contributed by atoms with E-state index in [2.05, 4.69) is 20.3 Å². The van der Waals surface area contributed by atoms with Crippen molar-refractivity contribution in [2.45, 2.75) is 17.7 Å². The van der Waals surface area contributed by atoms with Crippen LogP contribution in [0.1, 0.15) is 12.8 Å². The van der Waals surface area contributed by atoms with Gasteiger partial charge in [0.25, 0.3) is 0 Å². The Morgan fingerprint density at radius 1 is 1.35 bits per heavy atom. The predicted octanol–water partition coefficient (Wildman–Crippen LogP) is 3.48. The summed E-state index contributed by atoms with van der Waals surface area (Å²) in [6, 6.07) is 2.65. The van der Waals surface area contributed by atoms with Crippen molar-refractivity contribution in [2.24, 2.45) is 0 Å². The van der Waals surface area contributed by atoms with Gasteiger partial charge in [-0.05, 0) is 38.6 Å². The third kappa shape index (κ3) is 5.42. The fourth-order valence-corrected chi connectivity index (χ4v) is 3.73. The van der Waals surface area contributed by atoms with Gasteiger partial charge in [0.15, 0.2) is 16.1 Å². The first-order valence-electron chi connectivity index (χ1n) is 7.07. The van der Waals surface area contributed by atoms with Gasteiger partial charge in [0.2, 0.25) is 0 Å². The molecule has 0 aliphatic rings. The zero-order valence-electron chi connectivity index (χ0n) is 12.6. The third-order valence-electron chi connectivity index (χ3n) is 3.00. The Morgan fingerprint density at radius 2 is 2.13 bits per heavy atom. The highest BCUT2D eigenvalue weighted by atomic mass is 35.5. The van der Waals surface area contributed by atoms with E-state index >= 15 is 0 Å². The summed E-state index contributed by atoms with van der Waals surface area (Å²) in [5, 5.41) is 8.70. The maximum Gasteiger partial charge on any atom is 0.194 e. The fraction of sp³-hybridized carbons (Fsp3) is 0.357. The van der Waals surface area contributed by atoms with Gasteiger partial charge in [-0.2, -0.15) is 0 Å². The van der Waals surface area contributed by atoms with Crippen LogP contribution in [-0.4, -0.2) is 29.3 Å². The molecule has 1 unspecified atom stereocenters. The van der Waals surface area contributed by atoms with Crippen molar-refractivity contribution in [3.8, 4) is 0 Å². The molecule has 0 fully saturated rings. The largest absolute Gasteiger partial charge is 0.384 e. The number of hydrogen-bond donors (Lipinski definition) is 3. The topological polar surface area (TPSA) is 66.0 Å². The molecule has 0 amide bonds. The second-order valence-electron chi connectivity index (χ2n) is 4.71. The van der Waals surface area contributed by atoms with Gasteiger partial charge < -0.3 is 10.6 Å². The number of nitrogens with zero attached hydrogens (tertiary/aromatic N) is 1. The summed E-state index contributed by atoms with van der Waals surface area (Å²) in [6.07, 6.45) is 3.54. The molecule has 2 aromatic rings. The minimum atomic E-state index is -1.75. The molecule has 0 bridgehead atoms. The first-order valence-corrected chi connectivity index (χ1v) is 9.48. The van der Waals surface area contributed by atoms with Crippen LogP contribution in [0.2, 0.25) is 5.02 Å². The number of halogens is 2. The molecular formula is C14H18ClFN4OS2. The molecule has 5 nitrogen and oxygen atoms in total. The normalized spacial score (nSPS) is 12.1. The first kappa shape index (κ1) is 18.1. The number of hydrogen-bond acceptors (Lipinski definition) is 5. The molecule has 0 saturated carbocycles. The molecule has 2 rings (SSSR count). The molecule has 23 heavy (non-hydrogen) atoms. The highest BCUT2D eigenvalue weighted by molar-refractivity contribution is 7.86. The van der Waals surface area contributed by atoms with E-state index in [1.165, 1.54) is 23.5 Å². The van der Waals surface area contributed by atoms with Gasteiger partial charge in [0, 0.05) is 18.1 Å². The van der Waals surface area contributed by atoms with Gasteiger partial charge in [-0.15, -0.1) is 11.3 Å². The number of benzene rings is 1. The minimum Gasteiger partial charge on any atom is -0.384 e. The quantitative estimate of drug-likeness (QED) is 0.586. The van der Waals surface area contributed by atoms with Crippen molar-refractivity contribution in [1.82, 2.24) is 10.3 Å². The van der Waals surface area contributed by atoms with E-state index < -0.39 is 16.8 Å². The lowest BCUT2D eigenvalue weighted by Gasteiger charge is -2.11. The summed E-state index contributed by atoms with van der Waals surface area (Å²) >= 11 is 7.44. The van der Waals surface area contributed by atoms with Crippen molar-refractivity contribution < 1.29 is 8.60 Å². The summed E-state index contributed by atoms with van der Waals surface area (Å²) in [7, 11) is 0.151. The molecule has 9 heteroatoms. The lowest BCUT2D eigenvalue weighted by Crippen LogP contribution is -2.11. The number of aromatic nitrogens is 1. The maximum atomic E-state index is 14.2. The van der Waals surface area contributed by atoms with Gasteiger partial charge in [-0.1, -0.05) is 11.6 Å². The van der Waals surface area contributed by atoms with Gasteiger partial charge >= 0.3 is 0 Å². The van der Waals surface area contributed by atoms with Crippen molar-refractivity contribution >= 4 is 44.7 Å². The Kier molecular flexibility index (Phi) is 7.22. The maximum absolute atomic E-state index is 14.2. The molecular weight excluding hydrogens is 359 g/mol.